The number of aromatic amines is 1. The first-order chi connectivity index (χ1) is 17.9. The molecule has 1 aliphatic heterocycles. The lowest BCUT2D eigenvalue weighted by atomic mass is 9.94. The van der Waals surface area contributed by atoms with Crippen LogP contribution >= 0.6 is 0 Å². The van der Waals surface area contributed by atoms with Gasteiger partial charge in [0.15, 0.2) is 0 Å². The third-order valence-corrected chi connectivity index (χ3v) is 7.73. The molecule has 3 aromatic rings. The topological polar surface area (TPSA) is 115 Å². The lowest BCUT2D eigenvalue weighted by molar-refractivity contribution is -0.149. The van der Waals surface area contributed by atoms with E-state index < -0.39 is 17.8 Å². The number of carboxylic acids is 1. The number of carboxylic acid groups (broad SMARTS) is 1. The molecule has 1 saturated heterocycles. The number of amides is 2. The largest absolute Gasteiger partial charge is 0.495 e. The Morgan fingerprint density at radius 1 is 1.00 bits per heavy atom. The summed E-state index contributed by atoms with van der Waals surface area (Å²) in [5.41, 5.74) is 3.86. The van der Waals surface area contributed by atoms with Crippen molar-refractivity contribution in [1.29, 1.82) is 0 Å². The SMILES string of the molecule is COc1cccc2c(C)c(C(=O)Nc3ccc(N4CCN(C(=O)[C@H]5CCC[C@@H]5C(=O)O)CC4)cc3)[nH]c12. The van der Waals surface area contributed by atoms with E-state index in [1.807, 2.05) is 54.3 Å². The van der Waals surface area contributed by atoms with Crippen molar-refractivity contribution >= 4 is 40.1 Å². The van der Waals surface area contributed by atoms with Crippen LogP contribution in [0.4, 0.5) is 11.4 Å². The fourth-order valence-electron chi connectivity index (χ4n) is 5.64. The maximum atomic E-state index is 13.0. The summed E-state index contributed by atoms with van der Waals surface area (Å²) in [5, 5.41) is 13.3. The van der Waals surface area contributed by atoms with Gasteiger partial charge in [-0.15, -0.1) is 0 Å². The number of methoxy groups -OCH3 is 1. The fourth-order valence-corrected chi connectivity index (χ4v) is 5.64. The summed E-state index contributed by atoms with van der Waals surface area (Å²) in [7, 11) is 1.61. The number of nitrogens with zero attached hydrogens (tertiary/aromatic N) is 2. The zero-order valence-corrected chi connectivity index (χ0v) is 21.1. The van der Waals surface area contributed by atoms with Crippen LogP contribution in [0.5, 0.6) is 5.75 Å². The highest BCUT2D eigenvalue weighted by atomic mass is 16.5. The Kier molecular flexibility index (Phi) is 6.78. The van der Waals surface area contributed by atoms with Crippen LogP contribution in [0.3, 0.4) is 0 Å². The molecule has 2 aromatic carbocycles. The number of piperazine rings is 1. The number of para-hydroxylation sites is 1. The van der Waals surface area contributed by atoms with E-state index in [1.165, 1.54) is 0 Å². The van der Waals surface area contributed by atoms with E-state index >= 15 is 0 Å². The summed E-state index contributed by atoms with van der Waals surface area (Å²) in [6.07, 6.45) is 2.04. The first kappa shape index (κ1) is 24.7. The van der Waals surface area contributed by atoms with Gasteiger partial charge < -0.3 is 29.9 Å². The Labute approximate surface area is 215 Å². The number of aryl methyl sites for hydroxylation is 1. The molecule has 0 unspecified atom stereocenters. The molecular formula is C28H32N4O5. The summed E-state index contributed by atoms with van der Waals surface area (Å²) in [6.45, 7) is 4.41. The van der Waals surface area contributed by atoms with Crippen LogP contribution in [-0.4, -0.2) is 66.1 Å². The van der Waals surface area contributed by atoms with Crippen LogP contribution in [0.25, 0.3) is 10.9 Å². The van der Waals surface area contributed by atoms with Crippen molar-refractivity contribution in [3.8, 4) is 5.75 Å². The van der Waals surface area contributed by atoms with Gasteiger partial charge in [-0.1, -0.05) is 18.6 Å². The van der Waals surface area contributed by atoms with Gasteiger partial charge in [-0.3, -0.25) is 14.4 Å². The molecule has 0 spiro atoms. The molecule has 1 aromatic heterocycles. The molecular weight excluding hydrogens is 472 g/mol. The second-order valence-electron chi connectivity index (χ2n) is 9.80. The number of aromatic nitrogens is 1. The number of aliphatic carboxylic acids is 1. The summed E-state index contributed by atoms with van der Waals surface area (Å²) < 4.78 is 5.41. The van der Waals surface area contributed by atoms with E-state index in [4.69, 9.17) is 4.74 Å². The second kappa shape index (κ2) is 10.2. The van der Waals surface area contributed by atoms with Crippen LogP contribution in [-0.2, 0) is 9.59 Å². The van der Waals surface area contributed by atoms with E-state index in [-0.39, 0.29) is 11.8 Å². The Morgan fingerprint density at radius 2 is 1.70 bits per heavy atom. The first-order valence-corrected chi connectivity index (χ1v) is 12.7. The van der Waals surface area contributed by atoms with Gasteiger partial charge in [0.25, 0.3) is 5.91 Å². The molecule has 3 N–H and O–H groups in total. The minimum Gasteiger partial charge on any atom is -0.495 e. The van der Waals surface area contributed by atoms with Gasteiger partial charge in [-0.05, 0) is 55.7 Å². The molecule has 0 radical (unpaired) electrons. The quantitative estimate of drug-likeness (QED) is 0.469. The van der Waals surface area contributed by atoms with Crippen LogP contribution in [0.2, 0.25) is 0 Å². The average molecular weight is 505 g/mol. The summed E-state index contributed by atoms with van der Waals surface area (Å²) in [6, 6.07) is 13.4. The summed E-state index contributed by atoms with van der Waals surface area (Å²) in [5.74, 6) is -1.36. The highest BCUT2D eigenvalue weighted by molar-refractivity contribution is 6.08. The van der Waals surface area contributed by atoms with Crippen LogP contribution < -0.4 is 15.0 Å². The molecule has 9 nitrogen and oxygen atoms in total. The Balaban J connectivity index is 1.20. The standard InChI is InChI=1S/C28H32N4O5/c1-17-20-5-4-8-23(37-2)25(20)30-24(17)26(33)29-18-9-11-19(12-10-18)31-13-15-32(16-14-31)27(34)21-6-3-7-22(21)28(35)36/h4-5,8-12,21-22,30H,3,6-7,13-16H2,1-2H3,(H,29,33)(H,35,36)/t21-,22-/m0/s1. The molecule has 9 heteroatoms. The smallest absolute Gasteiger partial charge is 0.307 e. The number of carbonyl (C=O) groups excluding carboxylic acids is 2. The number of hydrogen-bond donors (Lipinski definition) is 3. The third kappa shape index (κ3) is 4.73. The van der Waals surface area contributed by atoms with Crippen molar-refractivity contribution in [2.45, 2.75) is 26.2 Å². The van der Waals surface area contributed by atoms with Gasteiger partial charge in [-0.25, -0.2) is 0 Å². The predicted molar refractivity (Wildman–Crippen MR) is 141 cm³/mol. The maximum Gasteiger partial charge on any atom is 0.307 e. The zero-order chi connectivity index (χ0) is 26.1. The molecule has 2 amide bonds. The predicted octanol–water partition coefficient (Wildman–Crippen LogP) is 3.89. The second-order valence-corrected chi connectivity index (χ2v) is 9.80. The highest BCUT2D eigenvalue weighted by Gasteiger charge is 2.40. The third-order valence-electron chi connectivity index (χ3n) is 7.73. The number of fused-ring (bicyclic) bond motifs is 1. The molecule has 1 saturated carbocycles. The molecule has 37 heavy (non-hydrogen) atoms. The molecule has 2 heterocycles. The molecule has 194 valence electrons. The van der Waals surface area contributed by atoms with Crippen molar-refractivity contribution in [3.63, 3.8) is 0 Å². The zero-order valence-electron chi connectivity index (χ0n) is 21.1. The number of hydrogen-bond acceptors (Lipinski definition) is 5. The van der Waals surface area contributed by atoms with Crippen molar-refractivity contribution in [1.82, 2.24) is 9.88 Å². The van der Waals surface area contributed by atoms with Gasteiger partial charge in [0.2, 0.25) is 5.91 Å². The monoisotopic (exact) mass is 504 g/mol. The minimum absolute atomic E-state index is 0.0208. The molecule has 2 fully saturated rings. The number of benzene rings is 2. The van der Waals surface area contributed by atoms with Crippen molar-refractivity contribution in [2.24, 2.45) is 11.8 Å². The molecule has 1 aliphatic carbocycles. The van der Waals surface area contributed by atoms with Gasteiger partial charge in [0.05, 0.1) is 24.5 Å². The van der Waals surface area contributed by atoms with Crippen LogP contribution in [0.15, 0.2) is 42.5 Å². The number of carbonyl (C=O) groups is 3. The Bertz CT molecular complexity index is 1320. The van der Waals surface area contributed by atoms with Gasteiger partial charge in [0, 0.05) is 42.9 Å². The van der Waals surface area contributed by atoms with Crippen molar-refractivity contribution in [2.75, 3.05) is 43.5 Å². The molecule has 2 aliphatic rings. The molecule has 2 atom stereocenters. The normalized spacial score (nSPS) is 19.7. The lowest BCUT2D eigenvalue weighted by Crippen LogP contribution is -2.51. The minimum atomic E-state index is -0.860. The summed E-state index contributed by atoms with van der Waals surface area (Å²) in [4.78, 5) is 44.6. The van der Waals surface area contributed by atoms with Crippen molar-refractivity contribution < 1.29 is 24.2 Å². The average Bonchev–Trinajstić information content (AvgIpc) is 3.54. The Hall–Kier alpha value is -4.01. The summed E-state index contributed by atoms with van der Waals surface area (Å²) >= 11 is 0. The number of anilines is 2. The lowest BCUT2D eigenvalue weighted by Gasteiger charge is -2.37. The van der Waals surface area contributed by atoms with Gasteiger partial charge in [-0.2, -0.15) is 0 Å². The van der Waals surface area contributed by atoms with E-state index in [9.17, 15) is 19.5 Å². The number of H-pyrrole nitrogens is 1. The van der Waals surface area contributed by atoms with Gasteiger partial charge in [0.1, 0.15) is 11.4 Å². The van der Waals surface area contributed by atoms with E-state index in [0.717, 1.165) is 28.6 Å². The fraction of sp³-hybridized carbons (Fsp3) is 0.393. The maximum absolute atomic E-state index is 13.0. The van der Waals surface area contributed by atoms with E-state index in [0.29, 0.717) is 56.2 Å². The molecule has 0 bridgehead atoms. The Morgan fingerprint density at radius 3 is 2.38 bits per heavy atom. The van der Waals surface area contributed by atoms with E-state index in [2.05, 4.69) is 15.2 Å². The molecule has 5 rings (SSSR count). The van der Waals surface area contributed by atoms with Gasteiger partial charge >= 0.3 is 5.97 Å². The number of nitrogens with one attached hydrogen (secondary N) is 2. The number of ether oxygens (including phenoxy) is 1. The first-order valence-electron chi connectivity index (χ1n) is 12.7. The van der Waals surface area contributed by atoms with Crippen molar-refractivity contribution in [3.05, 3.63) is 53.7 Å². The number of rotatable bonds is 6. The van der Waals surface area contributed by atoms with Crippen LogP contribution in [0.1, 0.15) is 35.3 Å². The highest BCUT2D eigenvalue weighted by Crippen LogP contribution is 2.34. The van der Waals surface area contributed by atoms with Crippen LogP contribution in [0, 0.1) is 18.8 Å². The van der Waals surface area contributed by atoms with E-state index in [1.54, 1.807) is 7.11 Å².